The molecule has 0 radical (unpaired) electrons. The summed E-state index contributed by atoms with van der Waals surface area (Å²) in [5.41, 5.74) is 1.41. The van der Waals surface area contributed by atoms with E-state index in [1.54, 1.807) is 0 Å². The van der Waals surface area contributed by atoms with E-state index in [9.17, 15) is 4.79 Å². The summed E-state index contributed by atoms with van der Waals surface area (Å²) in [6.45, 7) is 14.0. The molecular formula is C20H34O2Si. The van der Waals surface area contributed by atoms with Gasteiger partial charge < -0.3 is 4.43 Å². The average Bonchev–Trinajstić information content (AvgIpc) is 2.61. The van der Waals surface area contributed by atoms with Crippen LogP contribution in [-0.2, 0) is 9.22 Å². The SMILES string of the molecule is CC(C)[Si](O[C@]12CCCC[C@@H]1CC#CC(=O)C2)(C(C)C)C(C)C. The largest absolute Gasteiger partial charge is 0.410 e. The predicted octanol–water partition coefficient (Wildman–Crippen LogP) is 5.47. The van der Waals surface area contributed by atoms with E-state index in [2.05, 4.69) is 53.4 Å². The zero-order valence-corrected chi connectivity index (χ0v) is 16.9. The number of hydrogen-bond acceptors (Lipinski definition) is 2. The average molecular weight is 335 g/mol. The molecule has 0 aromatic carbocycles. The number of carbonyl (C=O) groups is 1. The van der Waals surface area contributed by atoms with Crippen molar-refractivity contribution in [3.63, 3.8) is 0 Å². The van der Waals surface area contributed by atoms with Crippen molar-refractivity contribution in [3.05, 3.63) is 0 Å². The maximum atomic E-state index is 12.3. The Hall–Kier alpha value is -0.593. The van der Waals surface area contributed by atoms with Gasteiger partial charge in [0.2, 0.25) is 14.1 Å². The van der Waals surface area contributed by atoms with Crippen molar-refractivity contribution in [1.82, 2.24) is 0 Å². The van der Waals surface area contributed by atoms with Crippen LogP contribution in [0.5, 0.6) is 0 Å². The van der Waals surface area contributed by atoms with Crippen LogP contribution in [0.2, 0.25) is 16.6 Å². The molecule has 0 heterocycles. The molecule has 3 heteroatoms. The molecule has 0 amide bonds. The second kappa shape index (κ2) is 7.11. The second-order valence-electron chi connectivity index (χ2n) is 8.53. The fourth-order valence-electron chi connectivity index (χ4n) is 5.27. The van der Waals surface area contributed by atoms with Gasteiger partial charge >= 0.3 is 0 Å². The van der Waals surface area contributed by atoms with Crippen molar-refractivity contribution in [3.8, 4) is 11.8 Å². The van der Waals surface area contributed by atoms with Crippen LogP contribution in [0.15, 0.2) is 0 Å². The number of fused-ring (bicyclic) bond motifs is 1. The molecule has 2 nitrogen and oxygen atoms in total. The smallest absolute Gasteiger partial charge is 0.208 e. The van der Waals surface area contributed by atoms with E-state index in [0.717, 1.165) is 12.8 Å². The van der Waals surface area contributed by atoms with Crippen LogP contribution >= 0.6 is 0 Å². The lowest BCUT2D eigenvalue weighted by Gasteiger charge is -2.53. The number of hydrogen-bond donors (Lipinski definition) is 0. The van der Waals surface area contributed by atoms with Crippen molar-refractivity contribution < 1.29 is 9.22 Å². The van der Waals surface area contributed by atoms with Crippen molar-refractivity contribution in [2.24, 2.45) is 5.92 Å². The Morgan fingerprint density at radius 2 is 1.70 bits per heavy atom. The molecule has 0 unspecified atom stereocenters. The van der Waals surface area contributed by atoms with E-state index in [1.807, 2.05) is 0 Å². The molecule has 1 fully saturated rings. The minimum Gasteiger partial charge on any atom is -0.410 e. The molecule has 0 aromatic heterocycles. The van der Waals surface area contributed by atoms with E-state index in [1.165, 1.54) is 19.3 Å². The standard InChI is InChI=1S/C20H34O2Si/c1-15(2)23(16(3)4,17(5)6)22-20-13-8-7-10-18(20)11-9-12-19(21)14-20/h15-18H,7-8,10-11,13-14H2,1-6H3/t18-,20+/m1/s1. The molecule has 130 valence electrons. The van der Waals surface area contributed by atoms with Gasteiger partial charge in [-0.15, -0.1) is 0 Å². The molecule has 0 bridgehead atoms. The van der Waals surface area contributed by atoms with E-state index >= 15 is 0 Å². The second-order valence-corrected chi connectivity index (χ2v) is 13.9. The molecule has 0 N–H and O–H groups in total. The molecule has 23 heavy (non-hydrogen) atoms. The van der Waals surface area contributed by atoms with Gasteiger partial charge in [0.1, 0.15) is 0 Å². The highest BCUT2D eigenvalue weighted by atomic mass is 28.4. The highest BCUT2D eigenvalue weighted by Gasteiger charge is 2.54. The van der Waals surface area contributed by atoms with E-state index in [0.29, 0.717) is 29.0 Å². The Morgan fingerprint density at radius 3 is 2.26 bits per heavy atom. The molecule has 2 rings (SSSR count). The lowest BCUT2D eigenvalue weighted by Crippen LogP contribution is -2.58. The molecule has 1 saturated carbocycles. The summed E-state index contributed by atoms with van der Waals surface area (Å²) >= 11 is 0. The summed E-state index contributed by atoms with van der Waals surface area (Å²) in [7, 11) is -1.99. The molecule has 0 aliphatic heterocycles. The van der Waals surface area contributed by atoms with Crippen LogP contribution in [0.1, 0.15) is 80.1 Å². The van der Waals surface area contributed by atoms with Gasteiger partial charge in [-0.3, -0.25) is 4.79 Å². The maximum Gasteiger partial charge on any atom is 0.208 e. The van der Waals surface area contributed by atoms with Crippen LogP contribution in [-0.4, -0.2) is 19.7 Å². The molecular weight excluding hydrogens is 300 g/mol. The van der Waals surface area contributed by atoms with Gasteiger partial charge in [0.25, 0.3) is 0 Å². The van der Waals surface area contributed by atoms with Crippen LogP contribution in [0.4, 0.5) is 0 Å². The first kappa shape index (κ1) is 18.7. The lowest BCUT2D eigenvalue weighted by atomic mass is 9.72. The van der Waals surface area contributed by atoms with Gasteiger partial charge in [0.05, 0.1) is 5.60 Å². The molecule has 0 saturated heterocycles. The zero-order chi connectivity index (χ0) is 17.3. The fourth-order valence-corrected chi connectivity index (χ4v) is 11.0. The third-order valence-electron chi connectivity index (χ3n) is 6.27. The topological polar surface area (TPSA) is 26.3 Å². The molecule has 2 aliphatic rings. The minimum atomic E-state index is -1.99. The first-order valence-electron chi connectivity index (χ1n) is 9.46. The van der Waals surface area contributed by atoms with Crippen molar-refractivity contribution in [2.45, 2.75) is 102 Å². The van der Waals surface area contributed by atoms with Crippen molar-refractivity contribution >= 4 is 14.1 Å². The Balaban J connectivity index is 2.43. The van der Waals surface area contributed by atoms with E-state index in [4.69, 9.17) is 4.43 Å². The third kappa shape index (κ3) is 3.44. The Bertz CT molecular complexity index is 476. The fraction of sp³-hybridized carbons (Fsp3) is 0.850. The number of Topliss-reactive ketones (excluding diaryl/α,β-unsaturated/α-hetero) is 1. The molecule has 0 aromatic rings. The summed E-state index contributed by atoms with van der Waals surface area (Å²) in [6.07, 6.45) is 6.00. The third-order valence-corrected chi connectivity index (χ3v) is 12.4. The number of ketones is 1. The zero-order valence-electron chi connectivity index (χ0n) is 15.9. The normalized spacial score (nSPS) is 28.6. The summed E-state index contributed by atoms with van der Waals surface area (Å²) < 4.78 is 7.24. The van der Waals surface area contributed by atoms with Gasteiger partial charge in [0.15, 0.2) is 0 Å². The van der Waals surface area contributed by atoms with Crippen molar-refractivity contribution in [1.29, 1.82) is 0 Å². The summed E-state index contributed by atoms with van der Waals surface area (Å²) in [4.78, 5) is 12.3. The van der Waals surface area contributed by atoms with Gasteiger partial charge in [-0.25, -0.2) is 0 Å². The molecule has 0 spiro atoms. The number of rotatable bonds is 5. The lowest BCUT2D eigenvalue weighted by molar-refractivity contribution is -0.121. The monoisotopic (exact) mass is 334 g/mol. The first-order chi connectivity index (χ1) is 10.7. The Labute approximate surface area is 143 Å². The Kier molecular flexibility index (Phi) is 5.79. The highest BCUT2D eigenvalue weighted by Crippen LogP contribution is 2.51. The van der Waals surface area contributed by atoms with Crippen LogP contribution in [0.25, 0.3) is 0 Å². The van der Waals surface area contributed by atoms with Gasteiger partial charge in [0, 0.05) is 12.8 Å². The summed E-state index contributed by atoms with van der Waals surface area (Å²) in [5.74, 6) is 6.51. The summed E-state index contributed by atoms with van der Waals surface area (Å²) in [6, 6.07) is 0. The maximum absolute atomic E-state index is 12.3. The van der Waals surface area contributed by atoms with Crippen molar-refractivity contribution in [2.75, 3.05) is 0 Å². The number of carbonyl (C=O) groups excluding carboxylic acids is 1. The highest BCUT2D eigenvalue weighted by molar-refractivity contribution is 6.77. The first-order valence-corrected chi connectivity index (χ1v) is 11.6. The van der Waals surface area contributed by atoms with E-state index in [-0.39, 0.29) is 11.4 Å². The van der Waals surface area contributed by atoms with Gasteiger partial charge in [-0.2, -0.15) is 0 Å². The summed E-state index contributed by atoms with van der Waals surface area (Å²) in [5, 5.41) is 0. The van der Waals surface area contributed by atoms with Crippen LogP contribution < -0.4 is 0 Å². The van der Waals surface area contributed by atoms with Crippen LogP contribution in [0, 0.1) is 17.8 Å². The van der Waals surface area contributed by atoms with Gasteiger partial charge in [-0.1, -0.05) is 60.3 Å². The quantitative estimate of drug-likeness (QED) is 0.378. The van der Waals surface area contributed by atoms with Gasteiger partial charge in [-0.05, 0) is 41.3 Å². The molecule has 2 atom stereocenters. The minimum absolute atomic E-state index is 0.0913. The Morgan fingerprint density at radius 1 is 1.09 bits per heavy atom. The predicted molar refractivity (Wildman–Crippen MR) is 98.8 cm³/mol. The van der Waals surface area contributed by atoms with E-state index < -0.39 is 8.32 Å². The molecule has 2 aliphatic carbocycles. The van der Waals surface area contributed by atoms with Crippen LogP contribution in [0.3, 0.4) is 0 Å².